The van der Waals surface area contributed by atoms with E-state index in [1.165, 1.54) is 6.07 Å². The molecule has 0 unspecified atom stereocenters. The predicted octanol–water partition coefficient (Wildman–Crippen LogP) is 5.60. The minimum atomic E-state index is -0.762. The van der Waals surface area contributed by atoms with Gasteiger partial charge in [-0.25, -0.2) is 0 Å². The molecule has 1 atom stereocenters. The molecule has 0 bridgehead atoms. The molecule has 0 radical (unpaired) electrons. The van der Waals surface area contributed by atoms with Crippen molar-refractivity contribution < 1.29 is 14.5 Å². The molecule has 0 heterocycles. The van der Waals surface area contributed by atoms with Gasteiger partial charge in [0.05, 0.1) is 11.3 Å². The monoisotopic (exact) mass is 563 g/mol. The second kappa shape index (κ2) is 12.6. The summed E-state index contributed by atoms with van der Waals surface area (Å²) in [6, 6.07) is 22.8. The molecule has 37 heavy (non-hydrogen) atoms. The van der Waals surface area contributed by atoms with E-state index in [9.17, 15) is 19.7 Å². The molecule has 1 saturated carbocycles. The molecule has 0 aromatic heterocycles. The highest BCUT2D eigenvalue weighted by Crippen LogP contribution is 2.23. The summed E-state index contributed by atoms with van der Waals surface area (Å²) in [7, 11) is 0. The molecule has 0 spiro atoms. The number of nitrogens with zero attached hydrogens (tertiary/aromatic N) is 2. The Bertz CT molecular complexity index is 1230. The molecule has 0 aliphatic heterocycles. The Morgan fingerprint density at radius 2 is 1.59 bits per heavy atom. The molecule has 0 saturated heterocycles. The van der Waals surface area contributed by atoms with Crippen molar-refractivity contribution in [2.75, 3.05) is 0 Å². The van der Waals surface area contributed by atoms with Gasteiger partial charge in [0, 0.05) is 35.1 Å². The lowest BCUT2D eigenvalue weighted by Gasteiger charge is -2.32. The molecule has 1 aliphatic carbocycles. The number of carbonyl (C=O) groups is 2. The Hall–Kier alpha value is -3.52. The lowest BCUT2D eigenvalue weighted by atomic mass is 10.0. The normalized spacial score (nSPS) is 14.2. The van der Waals surface area contributed by atoms with E-state index in [2.05, 4.69) is 21.2 Å². The van der Waals surface area contributed by atoms with Crippen molar-refractivity contribution in [2.24, 2.45) is 0 Å². The highest BCUT2D eigenvalue weighted by Gasteiger charge is 2.33. The average molecular weight is 564 g/mol. The zero-order valence-electron chi connectivity index (χ0n) is 20.5. The summed E-state index contributed by atoms with van der Waals surface area (Å²) in [5.41, 5.74) is 2.03. The van der Waals surface area contributed by atoms with Crippen LogP contribution in [0.4, 0.5) is 5.69 Å². The Kier molecular flexibility index (Phi) is 9.06. The van der Waals surface area contributed by atoms with E-state index in [4.69, 9.17) is 0 Å². The summed E-state index contributed by atoms with van der Waals surface area (Å²) in [5.74, 6) is -0.525. The van der Waals surface area contributed by atoms with Crippen LogP contribution in [0.3, 0.4) is 0 Å². The smallest absolute Gasteiger partial charge is 0.273 e. The first-order chi connectivity index (χ1) is 17.9. The number of nitro benzene ring substituents is 1. The molecule has 2 amide bonds. The van der Waals surface area contributed by atoms with E-state index in [1.54, 1.807) is 23.1 Å². The first-order valence-electron chi connectivity index (χ1n) is 12.5. The van der Waals surface area contributed by atoms with Crippen molar-refractivity contribution in [3.63, 3.8) is 0 Å². The fourth-order valence-electron chi connectivity index (χ4n) is 4.81. The molecule has 7 nitrogen and oxygen atoms in total. The van der Waals surface area contributed by atoms with Crippen molar-refractivity contribution in [1.82, 2.24) is 10.2 Å². The predicted molar refractivity (Wildman–Crippen MR) is 146 cm³/mol. The molecule has 192 valence electrons. The van der Waals surface area contributed by atoms with Crippen molar-refractivity contribution in [3.05, 3.63) is 110 Å². The fraction of sp³-hybridized carbons (Fsp3) is 0.310. The van der Waals surface area contributed by atoms with Gasteiger partial charge in [0.2, 0.25) is 11.8 Å². The third-order valence-corrected chi connectivity index (χ3v) is 7.30. The standard InChI is InChI=1S/C29H30BrN3O4/c30-24-16-14-22(15-17-24)20-32(28(34)19-23-10-4-7-13-26(23)33(36)37)27(18-21-8-2-1-3-9-21)29(35)31-25-11-5-6-12-25/h1-4,7-10,13-17,25,27H,5-6,11-12,18-20H2,(H,31,35)/t27-/m1/s1. The van der Waals surface area contributed by atoms with Gasteiger partial charge >= 0.3 is 0 Å². The number of benzene rings is 3. The second-order valence-electron chi connectivity index (χ2n) is 9.41. The van der Waals surface area contributed by atoms with Crippen LogP contribution >= 0.6 is 15.9 Å². The molecule has 3 aromatic carbocycles. The summed E-state index contributed by atoms with van der Waals surface area (Å²) in [5, 5.41) is 14.8. The van der Waals surface area contributed by atoms with Crippen LogP contribution in [0.5, 0.6) is 0 Å². The second-order valence-corrected chi connectivity index (χ2v) is 10.3. The average Bonchev–Trinajstić information content (AvgIpc) is 3.41. The highest BCUT2D eigenvalue weighted by molar-refractivity contribution is 9.10. The first kappa shape index (κ1) is 26.5. The van der Waals surface area contributed by atoms with Crippen molar-refractivity contribution in [2.45, 2.75) is 57.2 Å². The number of carbonyl (C=O) groups excluding carboxylic acids is 2. The van der Waals surface area contributed by atoms with Crippen LogP contribution < -0.4 is 5.32 Å². The number of nitro groups is 1. The highest BCUT2D eigenvalue weighted by atomic mass is 79.9. The van der Waals surface area contributed by atoms with Crippen LogP contribution in [0, 0.1) is 10.1 Å². The molecule has 4 rings (SSSR count). The maximum Gasteiger partial charge on any atom is 0.273 e. The topological polar surface area (TPSA) is 92.6 Å². The van der Waals surface area contributed by atoms with Gasteiger partial charge in [-0.3, -0.25) is 19.7 Å². The van der Waals surface area contributed by atoms with Gasteiger partial charge in [-0.15, -0.1) is 0 Å². The number of hydrogen-bond donors (Lipinski definition) is 1. The number of amides is 2. The van der Waals surface area contributed by atoms with Crippen LogP contribution in [0.25, 0.3) is 0 Å². The Morgan fingerprint density at radius 1 is 0.946 bits per heavy atom. The number of halogens is 1. The van der Waals surface area contributed by atoms with E-state index in [0.717, 1.165) is 41.3 Å². The quantitative estimate of drug-likeness (QED) is 0.256. The Labute approximate surface area is 225 Å². The molecular formula is C29H30BrN3O4. The molecule has 3 aromatic rings. The molecule has 1 fully saturated rings. The summed E-state index contributed by atoms with van der Waals surface area (Å²) in [4.78, 5) is 40.2. The first-order valence-corrected chi connectivity index (χ1v) is 13.3. The molecule has 1 aliphatic rings. The van der Waals surface area contributed by atoms with Gasteiger partial charge in [0.15, 0.2) is 0 Å². The van der Waals surface area contributed by atoms with Crippen LogP contribution in [0.2, 0.25) is 0 Å². The van der Waals surface area contributed by atoms with Gasteiger partial charge in [0.25, 0.3) is 5.69 Å². The summed E-state index contributed by atoms with van der Waals surface area (Å²) in [6.07, 6.45) is 4.19. The summed E-state index contributed by atoms with van der Waals surface area (Å²) in [6.45, 7) is 0.211. The maximum absolute atomic E-state index is 13.8. The maximum atomic E-state index is 13.8. The molecular weight excluding hydrogens is 534 g/mol. The number of rotatable bonds is 10. The van der Waals surface area contributed by atoms with Gasteiger partial charge in [0.1, 0.15) is 6.04 Å². The largest absolute Gasteiger partial charge is 0.352 e. The Morgan fingerprint density at radius 3 is 2.27 bits per heavy atom. The minimum Gasteiger partial charge on any atom is -0.352 e. The third-order valence-electron chi connectivity index (χ3n) is 6.77. The van der Waals surface area contributed by atoms with Gasteiger partial charge in [-0.2, -0.15) is 0 Å². The third kappa shape index (κ3) is 7.26. The van der Waals surface area contributed by atoms with E-state index in [1.807, 2.05) is 54.6 Å². The summed E-state index contributed by atoms with van der Waals surface area (Å²) < 4.78 is 0.911. The van der Waals surface area contributed by atoms with Crippen molar-refractivity contribution in [3.8, 4) is 0 Å². The van der Waals surface area contributed by atoms with Crippen LogP contribution in [0.1, 0.15) is 42.4 Å². The van der Waals surface area contributed by atoms with E-state index < -0.39 is 11.0 Å². The minimum absolute atomic E-state index is 0.102. The van der Waals surface area contributed by atoms with Crippen molar-refractivity contribution in [1.29, 1.82) is 0 Å². The van der Waals surface area contributed by atoms with Gasteiger partial charge < -0.3 is 10.2 Å². The van der Waals surface area contributed by atoms with Gasteiger partial charge in [-0.1, -0.05) is 89.4 Å². The van der Waals surface area contributed by atoms with Crippen LogP contribution in [-0.4, -0.2) is 33.7 Å². The lowest BCUT2D eigenvalue weighted by Crippen LogP contribution is -2.52. The summed E-state index contributed by atoms with van der Waals surface area (Å²) >= 11 is 3.44. The zero-order valence-corrected chi connectivity index (χ0v) is 22.1. The van der Waals surface area contributed by atoms with Gasteiger partial charge in [-0.05, 0) is 36.1 Å². The Balaban J connectivity index is 1.68. The van der Waals surface area contributed by atoms with Crippen molar-refractivity contribution >= 4 is 33.4 Å². The fourth-order valence-corrected chi connectivity index (χ4v) is 5.08. The zero-order chi connectivity index (χ0) is 26.2. The SMILES string of the molecule is O=C(NC1CCCC1)[C@@H](Cc1ccccc1)N(Cc1ccc(Br)cc1)C(=O)Cc1ccccc1[N+](=O)[O-]. The molecule has 8 heteroatoms. The molecule has 1 N–H and O–H groups in total. The number of para-hydroxylation sites is 1. The lowest BCUT2D eigenvalue weighted by molar-refractivity contribution is -0.385. The van der Waals surface area contributed by atoms with E-state index >= 15 is 0 Å². The van der Waals surface area contributed by atoms with Crippen LogP contribution in [-0.2, 0) is 29.0 Å². The number of hydrogen-bond acceptors (Lipinski definition) is 4. The van der Waals surface area contributed by atoms with E-state index in [-0.39, 0.29) is 36.5 Å². The van der Waals surface area contributed by atoms with Crippen LogP contribution in [0.15, 0.2) is 83.3 Å². The number of nitrogens with one attached hydrogen (secondary N) is 1. The van der Waals surface area contributed by atoms with E-state index in [0.29, 0.717) is 12.0 Å².